The number of nitrogens with zero attached hydrogens (tertiary/aromatic N) is 1. The Morgan fingerprint density at radius 3 is 2.58 bits per heavy atom. The molecule has 2 aromatic rings. The monoisotopic (exact) mass is 393 g/mol. The van der Waals surface area contributed by atoms with E-state index in [1.807, 2.05) is 0 Å². The minimum Gasteiger partial charge on any atom is -0.342 e. The summed E-state index contributed by atoms with van der Waals surface area (Å²) in [5.74, 6) is -0.744. The molecule has 1 aromatic heterocycles. The molecule has 1 aromatic carbocycles. The normalized spacial score (nSPS) is 14.9. The lowest BCUT2D eigenvalue weighted by atomic mass is 10.3. The standard InChI is InChI=1S/C17H19N3O4S2/c21-16(12-18-17(22)15-7-4-10-25-15)19-13-5-3-6-14(11-13)26(23,24)20-8-1-2-9-20/h3-7,10-11H,1-2,8-9,12H2,(H,18,22)(H,19,21). The van der Waals surface area contributed by atoms with Crippen LogP contribution in [0.4, 0.5) is 5.69 Å². The molecule has 0 saturated carbocycles. The second-order valence-corrected chi connectivity index (χ2v) is 8.73. The van der Waals surface area contributed by atoms with Gasteiger partial charge in [0.1, 0.15) is 0 Å². The largest absolute Gasteiger partial charge is 0.342 e. The average molecular weight is 393 g/mol. The molecule has 1 fully saturated rings. The van der Waals surface area contributed by atoms with Gasteiger partial charge in [-0.3, -0.25) is 9.59 Å². The maximum atomic E-state index is 12.6. The van der Waals surface area contributed by atoms with E-state index < -0.39 is 15.9 Å². The molecule has 0 aliphatic carbocycles. The number of nitrogens with one attached hydrogen (secondary N) is 2. The average Bonchev–Trinajstić information content (AvgIpc) is 3.33. The number of carbonyl (C=O) groups is 2. The van der Waals surface area contributed by atoms with Crippen LogP contribution in [0.2, 0.25) is 0 Å². The van der Waals surface area contributed by atoms with Crippen molar-refractivity contribution in [3.63, 3.8) is 0 Å². The zero-order valence-electron chi connectivity index (χ0n) is 14.0. The number of sulfonamides is 1. The lowest BCUT2D eigenvalue weighted by Crippen LogP contribution is -2.32. The van der Waals surface area contributed by atoms with E-state index in [0.29, 0.717) is 23.7 Å². The Kier molecular flexibility index (Phi) is 5.70. The molecule has 0 radical (unpaired) electrons. The van der Waals surface area contributed by atoms with Gasteiger partial charge in [0.2, 0.25) is 15.9 Å². The van der Waals surface area contributed by atoms with Gasteiger partial charge in [-0.15, -0.1) is 11.3 Å². The molecule has 1 aliphatic rings. The lowest BCUT2D eigenvalue weighted by molar-refractivity contribution is -0.115. The molecule has 1 aliphatic heterocycles. The molecule has 138 valence electrons. The van der Waals surface area contributed by atoms with Crippen molar-refractivity contribution >= 4 is 38.9 Å². The van der Waals surface area contributed by atoms with Gasteiger partial charge in [-0.25, -0.2) is 8.42 Å². The van der Waals surface area contributed by atoms with Gasteiger partial charge >= 0.3 is 0 Å². The van der Waals surface area contributed by atoms with Gasteiger partial charge in [0, 0.05) is 18.8 Å². The number of rotatable bonds is 6. The van der Waals surface area contributed by atoms with Gasteiger partial charge in [0.25, 0.3) is 5.91 Å². The zero-order chi connectivity index (χ0) is 18.6. The highest BCUT2D eigenvalue weighted by Crippen LogP contribution is 2.23. The van der Waals surface area contributed by atoms with Gasteiger partial charge in [-0.2, -0.15) is 4.31 Å². The van der Waals surface area contributed by atoms with E-state index in [0.717, 1.165) is 12.8 Å². The minimum atomic E-state index is -3.54. The van der Waals surface area contributed by atoms with Crippen LogP contribution in [0.1, 0.15) is 22.5 Å². The third kappa shape index (κ3) is 4.29. The molecule has 26 heavy (non-hydrogen) atoms. The Morgan fingerprint density at radius 2 is 1.88 bits per heavy atom. The molecular formula is C17H19N3O4S2. The van der Waals surface area contributed by atoms with Crippen LogP contribution in [-0.4, -0.2) is 44.2 Å². The van der Waals surface area contributed by atoms with Crippen LogP contribution in [0.5, 0.6) is 0 Å². The molecule has 0 bridgehead atoms. The number of carbonyl (C=O) groups excluding carboxylic acids is 2. The van der Waals surface area contributed by atoms with E-state index >= 15 is 0 Å². The van der Waals surface area contributed by atoms with Crippen molar-refractivity contribution in [3.8, 4) is 0 Å². The SMILES string of the molecule is O=C(CNC(=O)c1cccs1)Nc1cccc(S(=O)(=O)N2CCCC2)c1. The highest BCUT2D eigenvalue weighted by molar-refractivity contribution is 7.89. The first-order valence-electron chi connectivity index (χ1n) is 8.18. The maximum Gasteiger partial charge on any atom is 0.261 e. The van der Waals surface area contributed by atoms with Crippen LogP contribution in [0.15, 0.2) is 46.7 Å². The highest BCUT2D eigenvalue weighted by Gasteiger charge is 2.27. The van der Waals surface area contributed by atoms with E-state index in [1.54, 1.807) is 29.6 Å². The molecule has 0 spiro atoms. The molecule has 1 saturated heterocycles. The molecule has 0 unspecified atom stereocenters. The maximum absolute atomic E-state index is 12.6. The fourth-order valence-corrected chi connectivity index (χ4v) is 4.88. The van der Waals surface area contributed by atoms with Crippen molar-refractivity contribution in [2.75, 3.05) is 25.0 Å². The Bertz CT molecular complexity index is 888. The summed E-state index contributed by atoms with van der Waals surface area (Å²) in [6.07, 6.45) is 1.72. The van der Waals surface area contributed by atoms with Crippen LogP contribution in [0.3, 0.4) is 0 Å². The third-order valence-corrected chi connectivity index (χ3v) is 6.74. The lowest BCUT2D eigenvalue weighted by Gasteiger charge is -2.16. The van der Waals surface area contributed by atoms with Crippen molar-refractivity contribution < 1.29 is 18.0 Å². The summed E-state index contributed by atoms with van der Waals surface area (Å²) in [6.45, 7) is 0.848. The van der Waals surface area contributed by atoms with Crippen LogP contribution in [0.25, 0.3) is 0 Å². The van der Waals surface area contributed by atoms with Gasteiger partial charge < -0.3 is 10.6 Å². The van der Waals surface area contributed by atoms with Crippen molar-refractivity contribution in [1.82, 2.24) is 9.62 Å². The molecule has 2 N–H and O–H groups in total. The smallest absolute Gasteiger partial charge is 0.261 e. The van der Waals surface area contributed by atoms with Crippen LogP contribution < -0.4 is 10.6 Å². The van der Waals surface area contributed by atoms with Crippen molar-refractivity contribution in [1.29, 1.82) is 0 Å². The van der Waals surface area contributed by atoms with Crippen molar-refractivity contribution in [3.05, 3.63) is 46.7 Å². The first kappa shape index (κ1) is 18.6. The minimum absolute atomic E-state index is 0.153. The summed E-state index contributed by atoms with van der Waals surface area (Å²) in [4.78, 5) is 24.5. The Morgan fingerprint density at radius 1 is 1.12 bits per heavy atom. The van der Waals surface area contributed by atoms with Gasteiger partial charge in [-0.05, 0) is 42.5 Å². The second kappa shape index (κ2) is 7.98. The summed E-state index contributed by atoms with van der Waals surface area (Å²) in [5, 5.41) is 6.92. The predicted octanol–water partition coefficient (Wildman–Crippen LogP) is 1.90. The number of thiophene rings is 1. The van der Waals surface area contributed by atoms with E-state index in [-0.39, 0.29) is 17.3 Å². The Labute approximate surface area is 156 Å². The molecule has 3 rings (SSSR count). The first-order chi connectivity index (χ1) is 12.5. The van der Waals surface area contributed by atoms with Gasteiger partial charge in [0.15, 0.2) is 0 Å². The molecule has 2 heterocycles. The third-order valence-electron chi connectivity index (χ3n) is 3.98. The summed E-state index contributed by atoms with van der Waals surface area (Å²) in [6, 6.07) is 9.58. The van der Waals surface area contributed by atoms with Gasteiger partial charge in [-0.1, -0.05) is 12.1 Å². The van der Waals surface area contributed by atoms with Crippen molar-refractivity contribution in [2.45, 2.75) is 17.7 Å². The number of hydrogen-bond donors (Lipinski definition) is 2. The highest BCUT2D eigenvalue weighted by atomic mass is 32.2. The zero-order valence-corrected chi connectivity index (χ0v) is 15.6. The van der Waals surface area contributed by atoms with E-state index in [4.69, 9.17) is 0 Å². The Hall–Kier alpha value is -2.23. The molecule has 2 amide bonds. The van der Waals surface area contributed by atoms with Gasteiger partial charge in [0.05, 0.1) is 16.3 Å². The number of hydrogen-bond acceptors (Lipinski definition) is 5. The molecular weight excluding hydrogens is 374 g/mol. The topological polar surface area (TPSA) is 95.6 Å². The fraction of sp³-hybridized carbons (Fsp3) is 0.294. The van der Waals surface area contributed by atoms with E-state index in [2.05, 4.69) is 10.6 Å². The number of anilines is 1. The summed E-state index contributed by atoms with van der Waals surface area (Å²) < 4.78 is 26.6. The summed E-state index contributed by atoms with van der Waals surface area (Å²) in [5.41, 5.74) is 0.376. The summed E-state index contributed by atoms with van der Waals surface area (Å²) in [7, 11) is -3.54. The fourth-order valence-electron chi connectivity index (χ4n) is 2.67. The predicted molar refractivity (Wildman–Crippen MR) is 99.7 cm³/mol. The van der Waals surface area contributed by atoms with Crippen molar-refractivity contribution in [2.24, 2.45) is 0 Å². The Balaban J connectivity index is 1.61. The number of benzene rings is 1. The molecule has 7 nitrogen and oxygen atoms in total. The van der Waals surface area contributed by atoms with Crippen LogP contribution >= 0.6 is 11.3 Å². The first-order valence-corrected chi connectivity index (χ1v) is 10.5. The second-order valence-electron chi connectivity index (χ2n) is 5.85. The molecule has 0 atom stereocenters. The summed E-state index contributed by atoms with van der Waals surface area (Å²) >= 11 is 1.29. The molecule has 9 heteroatoms. The van der Waals surface area contributed by atoms with E-state index in [9.17, 15) is 18.0 Å². The van der Waals surface area contributed by atoms with Crippen LogP contribution in [0, 0.1) is 0 Å². The quantitative estimate of drug-likeness (QED) is 0.784. The van der Waals surface area contributed by atoms with Crippen LogP contribution in [-0.2, 0) is 14.8 Å². The van der Waals surface area contributed by atoms with E-state index in [1.165, 1.54) is 27.8 Å². The number of amides is 2.